The van der Waals surface area contributed by atoms with Crippen molar-refractivity contribution in [3.8, 4) is 0 Å². The van der Waals surface area contributed by atoms with E-state index in [9.17, 15) is 14.0 Å². The molecule has 4 rings (SSSR count). The third kappa shape index (κ3) is 4.32. The highest BCUT2D eigenvalue weighted by atomic mass is 35.5. The van der Waals surface area contributed by atoms with Gasteiger partial charge in [-0.25, -0.2) is 9.37 Å². The Morgan fingerprint density at radius 3 is 2.77 bits per heavy atom. The fourth-order valence-electron chi connectivity index (χ4n) is 4.00. The van der Waals surface area contributed by atoms with Gasteiger partial charge in [0.1, 0.15) is 11.6 Å². The Morgan fingerprint density at radius 1 is 1.30 bits per heavy atom. The van der Waals surface area contributed by atoms with Crippen LogP contribution in [0.3, 0.4) is 0 Å². The summed E-state index contributed by atoms with van der Waals surface area (Å²) in [7, 11) is 0. The Balaban J connectivity index is 1.55. The van der Waals surface area contributed by atoms with E-state index in [0.29, 0.717) is 37.7 Å². The van der Waals surface area contributed by atoms with E-state index in [2.05, 4.69) is 20.5 Å². The first-order chi connectivity index (χ1) is 14.4. The second-order valence-corrected chi connectivity index (χ2v) is 8.16. The summed E-state index contributed by atoms with van der Waals surface area (Å²) < 4.78 is 19.6. The maximum atomic E-state index is 14.2. The van der Waals surface area contributed by atoms with Crippen molar-refractivity contribution in [2.75, 3.05) is 26.3 Å². The minimum Gasteiger partial charge on any atom is -0.381 e. The van der Waals surface area contributed by atoms with E-state index in [1.165, 1.54) is 23.1 Å². The molecule has 2 aromatic rings. The summed E-state index contributed by atoms with van der Waals surface area (Å²) in [5.74, 6) is -0.437. The number of ether oxygens (including phenoxy) is 1. The number of nitrogens with one attached hydrogen (secondary N) is 2. The average Bonchev–Trinajstić information content (AvgIpc) is 3.36. The van der Waals surface area contributed by atoms with E-state index in [1.54, 1.807) is 6.92 Å². The van der Waals surface area contributed by atoms with Crippen LogP contribution in [-0.2, 0) is 9.53 Å². The highest BCUT2D eigenvalue weighted by Gasteiger charge is 2.40. The average molecular weight is 436 g/mol. The predicted molar refractivity (Wildman–Crippen MR) is 107 cm³/mol. The van der Waals surface area contributed by atoms with E-state index >= 15 is 0 Å². The maximum Gasteiger partial charge on any atom is 0.256 e. The molecule has 160 valence electrons. The van der Waals surface area contributed by atoms with Crippen molar-refractivity contribution in [2.24, 2.45) is 5.92 Å². The second kappa shape index (κ2) is 8.69. The van der Waals surface area contributed by atoms with Gasteiger partial charge in [0, 0.05) is 37.2 Å². The highest BCUT2D eigenvalue weighted by Crippen LogP contribution is 2.28. The second-order valence-electron chi connectivity index (χ2n) is 7.72. The number of aryl methyl sites for hydroxylation is 1. The fourth-order valence-corrected chi connectivity index (χ4v) is 4.17. The largest absolute Gasteiger partial charge is 0.381 e. The number of carbonyl (C=O) groups excluding carboxylic acids is 2. The number of aromatic nitrogens is 3. The number of carbonyl (C=O) groups is 2. The number of H-pyrrole nitrogens is 1. The summed E-state index contributed by atoms with van der Waals surface area (Å²) in [5.41, 5.74) is -0.0937. The molecule has 0 saturated carbocycles. The number of nitrogens with zero attached hydrogens (tertiary/aromatic N) is 3. The third-order valence-electron chi connectivity index (χ3n) is 5.63. The number of hydrogen-bond acceptors (Lipinski definition) is 5. The summed E-state index contributed by atoms with van der Waals surface area (Å²) in [6.07, 6.45) is 1.33. The first-order valence-electron chi connectivity index (χ1n) is 9.93. The van der Waals surface area contributed by atoms with Crippen LogP contribution in [0.4, 0.5) is 4.39 Å². The molecule has 10 heteroatoms. The molecule has 1 aromatic heterocycles. The molecule has 2 atom stereocenters. The molecule has 30 heavy (non-hydrogen) atoms. The van der Waals surface area contributed by atoms with Gasteiger partial charge in [0.2, 0.25) is 5.91 Å². The van der Waals surface area contributed by atoms with Crippen LogP contribution in [0.25, 0.3) is 0 Å². The zero-order chi connectivity index (χ0) is 21.3. The Bertz CT molecular complexity index is 946. The first kappa shape index (κ1) is 20.7. The first-order valence-corrected chi connectivity index (χ1v) is 10.3. The molecule has 2 amide bonds. The maximum absolute atomic E-state index is 14.2. The fraction of sp³-hybridized carbons (Fsp3) is 0.500. The number of halogens is 2. The van der Waals surface area contributed by atoms with E-state index in [4.69, 9.17) is 16.3 Å². The molecule has 8 nitrogen and oxygen atoms in total. The zero-order valence-corrected chi connectivity index (χ0v) is 17.3. The SMILES string of the molecule is Cc1nc([C@@H]2CN(C(=O)c3cc(Cl)ccc3F)C[C@H]2NC(=O)C2CCOCC2)n[nH]1. The molecule has 1 aromatic carbocycles. The quantitative estimate of drug-likeness (QED) is 0.765. The number of amides is 2. The highest BCUT2D eigenvalue weighted by molar-refractivity contribution is 6.31. The lowest BCUT2D eigenvalue weighted by Crippen LogP contribution is -2.44. The van der Waals surface area contributed by atoms with E-state index in [1.807, 2.05) is 0 Å². The van der Waals surface area contributed by atoms with Crippen LogP contribution in [0.1, 0.15) is 40.8 Å². The van der Waals surface area contributed by atoms with Gasteiger partial charge in [-0.15, -0.1) is 0 Å². The smallest absolute Gasteiger partial charge is 0.256 e. The number of likely N-dealkylation sites (tertiary alicyclic amines) is 1. The zero-order valence-electron chi connectivity index (χ0n) is 16.5. The lowest BCUT2D eigenvalue weighted by molar-refractivity contribution is -0.128. The molecule has 0 spiro atoms. The van der Waals surface area contributed by atoms with Gasteiger partial charge in [-0.05, 0) is 38.0 Å². The minimum atomic E-state index is -0.635. The van der Waals surface area contributed by atoms with Crippen molar-refractivity contribution < 1.29 is 18.7 Å². The van der Waals surface area contributed by atoms with Crippen molar-refractivity contribution >= 4 is 23.4 Å². The van der Waals surface area contributed by atoms with Crippen LogP contribution >= 0.6 is 11.6 Å². The van der Waals surface area contributed by atoms with Gasteiger partial charge in [0.25, 0.3) is 5.91 Å². The predicted octanol–water partition coefficient (Wildman–Crippen LogP) is 2.06. The Hall–Kier alpha value is -2.52. The van der Waals surface area contributed by atoms with E-state index in [0.717, 1.165) is 0 Å². The van der Waals surface area contributed by atoms with Crippen molar-refractivity contribution in [3.63, 3.8) is 0 Å². The monoisotopic (exact) mass is 435 g/mol. The normalized spacial score (nSPS) is 22.3. The van der Waals surface area contributed by atoms with E-state index < -0.39 is 11.7 Å². The Kier molecular flexibility index (Phi) is 6.01. The number of rotatable bonds is 4. The van der Waals surface area contributed by atoms with Crippen LogP contribution in [0.15, 0.2) is 18.2 Å². The van der Waals surface area contributed by atoms with Crippen LogP contribution in [0.5, 0.6) is 0 Å². The topological polar surface area (TPSA) is 100 Å². The van der Waals surface area contributed by atoms with E-state index in [-0.39, 0.29) is 47.5 Å². The van der Waals surface area contributed by atoms with Gasteiger partial charge < -0.3 is 15.0 Å². The van der Waals surface area contributed by atoms with Gasteiger partial charge >= 0.3 is 0 Å². The summed E-state index contributed by atoms with van der Waals surface area (Å²) in [6, 6.07) is 3.51. The summed E-state index contributed by atoms with van der Waals surface area (Å²) in [5, 5.41) is 10.4. The van der Waals surface area contributed by atoms with Crippen LogP contribution < -0.4 is 5.32 Å². The summed E-state index contributed by atoms with van der Waals surface area (Å²) >= 11 is 5.95. The molecule has 2 saturated heterocycles. The molecule has 0 aliphatic carbocycles. The number of benzene rings is 1. The molecular formula is C20H23ClFN5O3. The minimum absolute atomic E-state index is 0.0659. The molecule has 2 aliphatic rings. The molecule has 3 heterocycles. The standard InChI is InChI=1S/C20H23ClFN5O3/c1-11-23-18(26-25-11)15-9-27(20(29)14-8-13(21)2-3-16(14)22)10-17(15)24-19(28)12-4-6-30-7-5-12/h2-3,8,12,15,17H,4-7,9-10H2,1H3,(H,24,28)(H,23,25,26)/t15-,17-/m1/s1. The number of aromatic amines is 1. The van der Waals surface area contributed by atoms with Crippen molar-refractivity contribution in [1.82, 2.24) is 25.4 Å². The van der Waals surface area contributed by atoms with Crippen molar-refractivity contribution in [3.05, 3.63) is 46.3 Å². The molecule has 2 N–H and O–H groups in total. The Morgan fingerprint density at radius 2 is 2.07 bits per heavy atom. The van der Waals surface area contributed by atoms with Crippen molar-refractivity contribution in [2.45, 2.75) is 31.7 Å². The molecule has 0 bridgehead atoms. The molecule has 0 unspecified atom stereocenters. The van der Waals surface area contributed by atoms with Gasteiger partial charge in [-0.2, -0.15) is 5.10 Å². The third-order valence-corrected chi connectivity index (χ3v) is 5.87. The summed E-state index contributed by atoms with van der Waals surface area (Å²) in [4.78, 5) is 31.7. The summed E-state index contributed by atoms with van der Waals surface area (Å²) in [6.45, 7) is 3.40. The number of hydrogen-bond donors (Lipinski definition) is 2. The van der Waals surface area contributed by atoms with Gasteiger partial charge in [0.05, 0.1) is 17.5 Å². The van der Waals surface area contributed by atoms with Gasteiger partial charge in [-0.3, -0.25) is 14.7 Å². The van der Waals surface area contributed by atoms with Crippen LogP contribution in [-0.4, -0.2) is 64.2 Å². The molecular weight excluding hydrogens is 413 g/mol. The molecule has 2 aliphatic heterocycles. The lowest BCUT2D eigenvalue weighted by Gasteiger charge is -2.24. The van der Waals surface area contributed by atoms with Crippen LogP contribution in [0, 0.1) is 18.7 Å². The van der Waals surface area contributed by atoms with Crippen molar-refractivity contribution in [1.29, 1.82) is 0 Å². The van der Waals surface area contributed by atoms with Crippen LogP contribution in [0.2, 0.25) is 5.02 Å². The Labute approximate surface area is 178 Å². The molecule has 0 radical (unpaired) electrons. The lowest BCUT2D eigenvalue weighted by atomic mass is 9.97. The van der Waals surface area contributed by atoms with Gasteiger partial charge in [-0.1, -0.05) is 11.6 Å². The van der Waals surface area contributed by atoms with Gasteiger partial charge in [0.15, 0.2) is 5.82 Å². The molecule has 2 fully saturated rings.